The third-order valence-corrected chi connectivity index (χ3v) is 7.83. The number of ether oxygens (including phenoxy) is 2. The number of aryl methyl sites for hydroxylation is 1. The number of allylic oxidation sites excluding steroid dienone is 2. The van der Waals surface area contributed by atoms with Crippen molar-refractivity contribution >= 4 is 17.6 Å². The van der Waals surface area contributed by atoms with E-state index in [9.17, 15) is 14.7 Å². The van der Waals surface area contributed by atoms with Gasteiger partial charge >= 0.3 is 5.97 Å². The average molecular weight is 536 g/mol. The number of aromatic carboxylic acids is 1. The molecule has 2 N–H and O–H groups in total. The van der Waals surface area contributed by atoms with Crippen molar-refractivity contribution in [2.24, 2.45) is 0 Å². The van der Waals surface area contributed by atoms with Gasteiger partial charge in [0.2, 0.25) is 0 Å². The molecule has 2 unspecified atom stereocenters. The molecule has 1 aliphatic carbocycles. The number of nitrogens with one attached hydrogen (secondary N) is 1. The summed E-state index contributed by atoms with van der Waals surface area (Å²) >= 11 is 0. The molecule has 8 nitrogen and oxygen atoms in total. The van der Waals surface area contributed by atoms with E-state index < -0.39 is 5.97 Å². The predicted molar refractivity (Wildman–Crippen MR) is 151 cm³/mol. The molecule has 8 heteroatoms. The summed E-state index contributed by atoms with van der Waals surface area (Å²) in [6.07, 6.45) is 0.972. The first-order valence-corrected chi connectivity index (χ1v) is 13.1. The molecule has 0 bridgehead atoms. The van der Waals surface area contributed by atoms with Crippen LogP contribution in [0.3, 0.4) is 0 Å². The Morgan fingerprint density at radius 2 is 1.65 bits per heavy atom. The Balaban J connectivity index is 1.49. The molecule has 3 aromatic carbocycles. The standard InChI is InChI=1S/C32H29N3O5/c1-18-28-29(19-9-11-20(12-10-19)32(37)38)30-24(33-31(28)35(34-18)23-7-5-4-6-8-23)15-22(16-25(30)36)21-13-14-26(39-2)27(17-21)40-3/h4-14,17,22,29,33H,15-16H2,1-3H3,(H,37,38). The maximum Gasteiger partial charge on any atom is 0.335 e. The second kappa shape index (κ2) is 10.0. The SMILES string of the molecule is COc1ccc(C2CC(=O)C3=C(C2)Nc2c(c(C)nn2-c2ccccc2)C3c2ccc(C(=O)O)cc2)cc1OC. The Kier molecular flexibility index (Phi) is 6.38. The van der Waals surface area contributed by atoms with Gasteiger partial charge < -0.3 is 19.9 Å². The van der Waals surface area contributed by atoms with E-state index in [1.807, 2.05) is 60.1 Å². The number of hydrogen-bond acceptors (Lipinski definition) is 6. The number of anilines is 1. The molecular formula is C32H29N3O5. The summed E-state index contributed by atoms with van der Waals surface area (Å²) in [5.74, 6) is 0.724. The fourth-order valence-electron chi connectivity index (χ4n) is 5.93. The molecule has 6 rings (SSSR count). The van der Waals surface area contributed by atoms with Gasteiger partial charge in [0.1, 0.15) is 5.82 Å². The van der Waals surface area contributed by atoms with Gasteiger partial charge in [0.25, 0.3) is 0 Å². The summed E-state index contributed by atoms with van der Waals surface area (Å²) in [7, 11) is 3.20. The molecule has 0 saturated heterocycles. The number of benzene rings is 3. The van der Waals surface area contributed by atoms with Gasteiger partial charge in [0.15, 0.2) is 17.3 Å². The van der Waals surface area contributed by atoms with E-state index in [0.29, 0.717) is 29.9 Å². The smallest absolute Gasteiger partial charge is 0.335 e. The molecule has 1 aromatic heterocycles. The van der Waals surface area contributed by atoms with Crippen molar-refractivity contribution in [2.75, 3.05) is 19.5 Å². The first-order valence-electron chi connectivity index (χ1n) is 13.1. The zero-order valence-electron chi connectivity index (χ0n) is 22.5. The lowest BCUT2D eigenvalue weighted by Crippen LogP contribution is -2.30. The number of carboxylic acid groups (broad SMARTS) is 1. The third-order valence-electron chi connectivity index (χ3n) is 7.83. The Bertz CT molecular complexity index is 1650. The summed E-state index contributed by atoms with van der Waals surface area (Å²) in [6, 6.07) is 22.5. The molecule has 2 aliphatic rings. The highest BCUT2D eigenvalue weighted by Gasteiger charge is 2.41. The first-order chi connectivity index (χ1) is 19.4. The van der Waals surface area contributed by atoms with Gasteiger partial charge in [0.05, 0.1) is 31.2 Å². The van der Waals surface area contributed by atoms with Crippen molar-refractivity contribution in [1.29, 1.82) is 0 Å². The second-order valence-electron chi connectivity index (χ2n) is 10.1. The lowest BCUT2D eigenvalue weighted by molar-refractivity contribution is -0.116. The van der Waals surface area contributed by atoms with E-state index in [4.69, 9.17) is 14.6 Å². The molecule has 4 aromatic rings. The topological polar surface area (TPSA) is 103 Å². The Labute approximate surface area is 231 Å². The lowest BCUT2D eigenvalue weighted by atomic mass is 9.72. The van der Waals surface area contributed by atoms with E-state index in [-0.39, 0.29) is 23.2 Å². The highest BCUT2D eigenvalue weighted by molar-refractivity contribution is 6.02. The minimum atomic E-state index is -0.989. The number of fused-ring (bicyclic) bond motifs is 1. The Morgan fingerprint density at radius 3 is 2.33 bits per heavy atom. The van der Waals surface area contributed by atoms with Gasteiger partial charge in [-0.05, 0) is 66.8 Å². The van der Waals surface area contributed by atoms with Crippen LogP contribution in [0.2, 0.25) is 0 Å². The van der Waals surface area contributed by atoms with Crippen molar-refractivity contribution < 1.29 is 24.2 Å². The van der Waals surface area contributed by atoms with E-state index in [1.165, 1.54) is 0 Å². The zero-order valence-corrected chi connectivity index (χ0v) is 22.5. The number of carbonyl (C=O) groups is 2. The van der Waals surface area contributed by atoms with Gasteiger partial charge in [-0.2, -0.15) is 5.10 Å². The van der Waals surface area contributed by atoms with Gasteiger partial charge in [-0.25, -0.2) is 9.48 Å². The van der Waals surface area contributed by atoms with Crippen LogP contribution in [0.15, 0.2) is 84.1 Å². The van der Waals surface area contributed by atoms with Crippen LogP contribution in [0.1, 0.15) is 57.4 Å². The summed E-state index contributed by atoms with van der Waals surface area (Å²) < 4.78 is 12.8. The van der Waals surface area contributed by atoms with Crippen LogP contribution in [0.25, 0.3) is 5.69 Å². The van der Waals surface area contributed by atoms with Crippen LogP contribution in [-0.2, 0) is 4.79 Å². The number of ketones is 1. The van der Waals surface area contributed by atoms with E-state index in [1.54, 1.807) is 38.5 Å². The van der Waals surface area contributed by atoms with Crippen molar-refractivity contribution in [2.45, 2.75) is 31.6 Å². The minimum absolute atomic E-state index is 0.0515. The number of nitrogens with zero attached hydrogens (tertiary/aromatic N) is 2. The maximum atomic E-state index is 14.0. The van der Waals surface area contributed by atoms with Crippen LogP contribution < -0.4 is 14.8 Å². The van der Waals surface area contributed by atoms with Crippen molar-refractivity contribution in [3.63, 3.8) is 0 Å². The fraction of sp³-hybridized carbons (Fsp3) is 0.219. The number of carbonyl (C=O) groups excluding carboxylic acids is 1. The Hall–Kier alpha value is -4.85. The summed E-state index contributed by atoms with van der Waals surface area (Å²) in [4.78, 5) is 25.5. The number of Topliss-reactive ketones (excluding diaryl/α,β-unsaturated/α-hetero) is 1. The first kappa shape index (κ1) is 25.4. The molecule has 2 heterocycles. The largest absolute Gasteiger partial charge is 0.493 e. The summed E-state index contributed by atoms with van der Waals surface area (Å²) in [5, 5.41) is 17.9. The van der Waals surface area contributed by atoms with Crippen molar-refractivity contribution in [1.82, 2.24) is 9.78 Å². The van der Waals surface area contributed by atoms with Gasteiger partial charge in [0, 0.05) is 29.2 Å². The molecule has 202 valence electrons. The van der Waals surface area contributed by atoms with Crippen LogP contribution in [0.5, 0.6) is 11.5 Å². The molecule has 1 aliphatic heterocycles. The van der Waals surface area contributed by atoms with Crippen molar-refractivity contribution in [3.8, 4) is 17.2 Å². The summed E-state index contributed by atoms with van der Waals surface area (Å²) in [5.41, 5.74) is 6.25. The van der Waals surface area contributed by atoms with E-state index in [0.717, 1.165) is 39.6 Å². The summed E-state index contributed by atoms with van der Waals surface area (Å²) in [6.45, 7) is 1.95. The lowest BCUT2D eigenvalue weighted by Gasteiger charge is -2.36. The van der Waals surface area contributed by atoms with Crippen molar-refractivity contribution in [3.05, 3.63) is 112 Å². The number of carboxylic acids is 1. The fourth-order valence-corrected chi connectivity index (χ4v) is 5.93. The van der Waals surface area contributed by atoms with Gasteiger partial charge in [-0.1, -0.05) is 36.4 Å². The molecule has 2 atom stereocenters. The number of aromatic nitrogens is 2. The number of methoxy groups -OCH3 is 2. The van der Waals surface area contributed by atoms with Crippen LogP contribution in [0.4, 0.5) is 5.82 Å². The molecular weight excluding hydrogens is 506 g/mol. The van der Waals surface area contributed by atoms with Gasteiger partial charge in [-0.3, -0.25) is 4.79 Å². The second-order valence-corrected chi connectivity index (χ2v) is 10.1. The number of para-hydroxylation sites is 1. The minimum Gasteiger partial charge on any atom is -0.493 e. The predicted octanol–water partition coefficient (Wildman–Crippen LogP) is 5.85. The molecule has 40 heavy (non-hydrogen) atoms. The van der Waals surface area contributed by atoms with Crippen LogP contribution in [-0.4, -0.2) is 40.9 Å². The molecule has 0 fully saturated rings. The highest BCUT2D eigenvalue weighted by atomic mass is 16.5. The quantitative estimate of drug-likeness (QED) is 0.319. The number of rotatable bonds is 6. The average Bonchev–Trinajstić information content (AvgIpc) is 3.31. The molecule has 0 saturated carbocycles. The molecule has 0 spiro atoms. The Morgan fingerprint density at radius 1 is 0.950 bits per heavy atom. The third kappa shape index (κ3) is 4.22. The van der Waals surface area contributed by atoms with Gasteiger partial charge in [-0.15, -0.1) is 0 Å². The van der Waals surface area contributed by atoms with Crippen LogP contribution in [0, 0.1) is 6.92 Å². The monoisotopic (exact) mass is 535 g/mol. The highest BCUT2D eigenvalue weighted by Crippen LogP contribution is 2.50. The normalized spacial score (nSPS) is 18.0. The van der Waals surface area contributed by atoms with E-state index >= 15 is 0 Å². The molecule has 0 amide bonds. The van der Waals surface area contributed by atoms with Crippen LogP contribution >= 0.6 is 0 Å². The maximum absolute atomic E-state index is 14.0. The molecule has 0 radical (unpaired) electrons. The van der Waals surface area contributed by atoms with E-state index in [2.05, 4.69) is 5.32 Å². The number of hydrogen-bond donors (Lipinski definition) is 2. The zero-order chi connectivity index (χ0) is 28.0.